The number of aryl methyl sites for hydroxylation is 1. The molecule has 1 atom stereocenters. The van der Waals surface area contributed by atoms with Crippen LogP contribution in [0.4, 0.5) is 0 Å². The van der Waals surface area contributed by atoms with Crippen molar-refractivity contribution < 1.29 is 4.79 Å². The summed E-state index contributed by atoms with van der Waals surface area (Å²) in [5.41, 5.74) is 1.88. The molecule has 1 aromatic heterocycles. The molecule has 0 saturated heterocycles. The van der Waals surface area contributed by atoms with Crippen LogP contribution < -0.4 is 0 Å². The molecule has 14 heavy (non-hydrogen) atoms. The van der Waals surface area contributed by atoms with Gasteiger partial charge in [-0.1, -0.05) is 6.92 Å². The fraction of sp³-hybridized carbons (Fsp3) is 0.364. The number of ketones is 1. The van der Waals surface area contributed by atoms with Crippen molar-refractivity contribution in [1.29, 1.82) is 5.26 Å². The maximum absolute atomic E-state index is 11.7. The highest BCUT2D eigenvalue weighted by Gasteiger charge is 2.24. The quantitative estimate of drug-likeness (QED) is 0.619. The number of fused-ring (bicyclic) bond motifs is 1. The van der Waals surface area contributed by atoms with Gasteiger partial charge in [0.25, 0.3) is 0 Å². The van der Waals surface area contributed by atoms with Crippen LogP contribution in [-0.2, 0) is 6.42 Å². The molecular formula is C11H10N2O. The van der Waals surface area contributed by atoms with E-state index in [0.717, 1.165) is 18.5 Å². The van der Waals surface area contributed by atoms with Gasteiger partial charge in [-0.15, -0.1) is 0 Å². The van der Waals surface area contributed by atoms with E-state index >= 15 is 0 Å². The number of hydrogen-bond acceptors (Lipinski definition) is 3. The van der Waals surface area contributed by atoms with Crippen LogP contribution in [0, 0.1) is 17.2 Å². The molecule has 0 aromatic carbocycles. The summed E-state index contributed by atoms with van der Waals surface area (Å²) in [5.74, 6) is 0.250. The second-order valence-corrected chi connectivity index (χ2v) is 3.61. The summed E-state index contributed by atoms with van der Waals surface area (Å²) in [4.78, 5) is 15.8. The number of nitriles is 1. The van der Waals surface area contributed by atoms with E-state index in [9.17, 15) is 4.79 Å². The highest BCUT2D eigenvalue weighted by atomic mass is 16.1. The Labute approximate surface area is 82.4 Å². The lowest BCUT2D eigenvalue weighted by Crippen LogP contribution is -2.21. The first-order valence-corrected chi connectivity index (χ1v) is 4.66. The van der Waals surface area contributed by atoms with Crippen molar-refractivity contribution in [2.24, 2.45) is 5.92 Å². The molecule has 1 heterocycles. The summed E-state index contributed by atoms with van der Waals surface area (Å²) >= 11 is 0. The normalized spacial score (nSPS) is 20.0. The van der Waals surface area contributed by atoms with Crippen molar-refractivity contribution >= 4 is 5.78 Å². The van der Waals surface area contributed by atoms with Gasteiger partial charge in [-0.3, -0.25) is 4.79 Å². The molecule has 0 bridgehead atoms. The van der Waals surface area contributed by atoms with Crippen LogP contribution in [0.3, 0.4) is 0 Å². The van der Waals surface area contributed by atoms with Crippen molar-refractivity contribution in [2.45, 2.75) is 19.8 Å². The van der Waals surface area contributed by atoms with Gasteiger partial charge >= 0.3 is 0 Å². The molecule has 0 spiro atoms. The summed E-state index contributed by atoms with van der Waals surface area (Å²) in [6, 6.07) is 5.31. The van der Waals surface area contributed by atoms with E-state index in [4.69, 9.17) is 5.26 Å². The first-order chi connectivity index (χ1) is 6.72. The smallest absolute Gasteiger partial charge is 0.167 e. The molecule has 70 valence electrons. The fourth-order valence-corrected chi connectivity index (χ4v) is 1.73. The van der Waals surface area contributed by atoms with Gasteiger partial charge in [-0.2, -0.15) is 5.26 Å². The summed E-state index contributed by atoms with van der Waals surface area (Å²) in [6.45, 7) is 1.93. The minimum absolute atomic E-state index is 0.0947. The van der Waals surface area contributed by atoms with Gasteiger partial charge in [0.15, 0.2) is 5.78 Å². The minimum atomic E-state index is 0.0947. The van der Waals surface area contributed by atoms with Crippen molar-refractivity contribution in [1.82, 2.24) is 4.98 Å². The largest absolute Gasteiger partial charge is 0.294 e. The predicted molar refractivity (Wildman–Crippen MR) is 50.8 cm³/mol. The molecule has 1 aromatic rings. The Morgan fingerprint density at radius 3 is 3.07 bits per heavy atom. The first kappa shape index (κ1) is 8.89. The molecule has 1 aliphatic rings. The Hall–Kier alpha value is -1.69. The number of carbonyl (C=O) groups is 1. The lowest BCUT2D eigenvalue weighted by molar-refractivity contribution is 0.0912. The molecular weight excluding hydrogens is 176 g/mol. The van der Waals surface area contributed by atoms with Gasteiger partial charge in [0.05, 0.1) is 5.69 Å². The van der Waals surface area contributed by atoms with E-state index in [0.29, 0.717) is 11.3 Å². The standard InChI is InChI=1S/C11H10N2O/c1-7-2-5-10-9(11(7)14)4-3-8(6-12)13-10/h3-4,7H,2,5H2,1H3. The zero-order valence-corrected chi connectivity index (χ0v) is 7.95. The molecule has 0 amide bonds. The number of nitrogens with zero attached hydrogens (tertiary/aromatic N) is 2. The molecule has 3 heteroatoms. The molecule has 3 nitrogen and oxygen atoms in total. The van der Waals surface area contributed by atoms with E-state index in [1.807, 2.05) is 13.0 Å². The minimum Gasteiger partial charge on any atom is -0.294 e. The third kappa shape index (κ3) is 1.29. The maximum Gasteiger partial charge on any atom is 0.167 e. The fourth-order valence-electron chi connectivity index (χ4n) is 1.73. The van der Waals surface area contributed by atoms with Gasteiger partial charge < -0.3 is 0 Å². The number of aromatic nitrogens is 1. The average molecular weight is 186 g/mol. The second-order valence-electron chi connectivity index (χ2n) is 3.61. The van der Waals surface area contributed by atoms with Crippen LogP contribution in [0.1, 0.15) is 35.1 Å². The highest BCUT2D eigenvalue weighted by molar-refractivity contribution is 5.99. The summed E-state index contributed by atoms with van der Waals surface area (Å²) in [7, 11) is 0. The Bertz CT molecular complexity index is 431. The number of rotatable bonds is 0. The lowest BCUT2D eigenvalue weighted by Gasteiger charge is -2.18. The van der Waals surface area contributed by atoms with Crippen LogP contribution in [0.15, 0.2) is 12.1 Å². The lowest BCUT2D eigenvalue weighted by atomic mass is 9.86. The van der Waals surface area contributed by atoms with Gasteiger partial charge in [-0.05, 0) is 25.0 Å². The zero-order chi connectivity index (χ0) is 10.1. The van der Waals surface area contributed by atoms with Crippen LogP contribution in [0.2, 0.25) is 0 Å². The summed E-state index contributed by atoms with van der Waals surface area (Å²) in [5, 5.41) is 8.66. The Morgan fingerprint density at radius 2 is 2.36 bits per heavy atom. The van der Waals surface area contributed by atoms with Gasteiger partial charge in [0.2, 0.25) is 0 Å². The maximum atomic E-state index is 11.7. The average Bonchev–Trinajstić information content (AvgIpc) is 2.23. The van der Waals surface area contributed by atoms with E-state index in [2.05, 4.69) is 4.98 Å². The molecule has 0 fully saturated rings. The number of carbonyl (C=O) groups excluding carboxylic acids is 1. The second kappa shape index (κ2) is 3.22. The van der Waals surface area contributed by atoms with E-state index in [1.165, 1.54) is 0 Å². The van der Waals surface area contributed by atoms with E-state index in [-0.39, 0.29) is 11.7 Å². The van der Waals surface area contributed by atoms with Crippen molar-refractivity contribution in [2.75, 3.05) is 0 Å². The van der Waals surface area contributed by atoms with E-state index in [1.54, 1.807) is 12.1 Å². The van der Waals surface area contributed by atoms with Crippen LogP contribution >= 0.6 is 0 Å². The van der Waals surface area contributed by atoms with Crippen molar-refractivity contribution in [3.63, 3.8) is 0 Å². The van der Waals surface area contributed by atoms with Crippen LogP contribution in [0.25, 0.3) is 0 Å². The monoisotopic (exact) mass is 186 g/mol. The van der Waals surface area contributed by atoms with Crippen LogP contribution in [-0.4, -0.2) is 10.8 Å². The van der Waals surface area contributed by atoms with Crippen molar-refractivity contribution in [3.05, 3.63) is 29.1 Å². The molecule has 0 radical (unpaired) electrons. The molecule has 0 N–H and O–H groups in total. The third-order valence-electron chi connectivity index (χ3n) is 2.62. The molecule has 0 aliphatic heterocycles. The Kier molecular flexibility index (Phi) is 2.05. The Balaban J connectivity index is 2.50. The molecule has 1 aliphatic carbocycles. The number of hydrogen-bond donors (Lipinski definition) is 0. The summed E-state index contributed by atoms with van der Waals surface area (Å²) < 4.78 is 0. The molecule has 2 rings (SSSR count). The van der Waals surface area contributed by atoms with Crippen molar-refractivity contribution in [3.8, 4) is 6.07 Å². The first-order valence-electron chi connectivity index (χ1n) is 4.66. The predicted octanol–water partition coefficient (Wildman–Crippen LogP) is 1.72. The SMILES string of the molecule is CC1CCc2nc(C#N)ccc2C1=O. The highest BCUT2D eigenvalue weighted by Crippen LogP contribution is 2.23. The van der Waals surface area contributed by atoms with E-state index < -0.39 is 0 Å². The van der Waals surface area contributed by atoms with Gasteiger partial charge in [0, 0.05) is 11.5 Å². The summed E-state index contributed by atoms with van der Waals surface area (Å²) in [6.07, 6.45) is 1.64. The van der Waals surface area contributed by atoms with Gasteiger partial charge in [-0.25, -0.2) is 4.98 Å². The Morgan fingerprint density at radius 1 is 1.57 bits per heavy atom. The molecule has 1 unspecified atom stereocenters. The van der Waals surface area contributed by atoms with Gasteiger partial charge in [0.1, 0.15) is 11.8 Å². The number of pyridine rings is 1. The molecule has 0 saturated carbocycles. The zero-order valence-electron chi connectivity index (χ0n) is 7.95. The third-order valence-corrected chi connectivity index (χ3v) is 2.62. The topological polar surface area (TPSA) is 53.8 Å². The number of Topliss-reactive ketones (excluding diaryl/α,β-unsaturated/α-hetero) is 1. The van der Waals surface area contributed by atoms with Crippen LogP contribution in [0.5, 0.6) is 0 Å².